The van der Waals surface area contributed by atoms with Crippen molar-refractivity contribution in [1.29, 1.82) is 0 Å². The van der Waals surface area contributed by atoms with Gasteiger partial charge in [0.1, 0.15) is 0 Å². The topological polar surface area (TPSA) is 21.8 Å². The van der Waals surface area contributed by atoms with Crippen LogP contribution in [0.3, 0.4) is 0 Å². The highest BCUT2D eigenvalue weighted by atomic mass is 15.3. The van der Waals surface area contributed by atoms with Gasteiger partial charge in [0.2, 0.25) is 0 Å². The van der Waals surface area contributed by atoms with Crippen LogP contribution in [0, 0.1) is 5.92 Å². The minimum atomic E-state index is 0.728. The molecule has 4 heteroatoms. The van der Waals surface area contributed by atoms with Gasteiger partial charge in [-0.25, -0.2) is 0 Å². The van der Waals surface area contributed by atoms with Gasteiger partial charge in [-0.3, -0.25) is 9.80 Å². The van der Waals surface area contributed by atoms with E-state index >= 15 is 0 Å². The maximum Gasteiger partial charge on any atom is 0.0223 e. The first-order chi connectivity index (χ1) is 10.2. The molecule has 1 N–H and O–H groups in total. The van der Waals surface area contributed by atoms with Gasteiger partial charge in [0.25, 0.3) is 0 Å². The van der Waals surface area contributed by atoms with Gasteiger partial charge in [-0.1, -0.05) is 19.8 Å². The van der Waals surface area contributed by atoms with E-state index in [1.165, 1.54) is 71.5 Å². The third-order valence-corrected chi connectivity index (χ3v) is 5.22. The van der Waals surface area contributed by atoms with E-state index in [0.717, 1.165) is 18.5 Å². The van der Waals surface area contributed by atoms with Crippen molar-refractivity contribution in [3.63, 3.8) is 0 Å². The standard InChI is InChI=1S/C17H36N4/c1-4-18-17(16-7-5-6-8-16)15-21-13-11-20(12-14-21)10-9-19(2)3/h16-18H,4-15H2,1-3H3. The summed E-state index contributed by atoms with van der Waals surface area (Å²) in [5.41, 5.74) is 0. The van der Waals surface area contributed by atoms with Crippen LogP contribution < -0.4 is 5.32 Å². The van der Waals surface area contributed by atoms with Crippen molar-refractivity contribution < 1.29 is 0 Å². The Morgan fingerprint density at radius 3 is 2.24 bits per heavy atom. The van der Waals surface area contributed by atoms with Crippen molar-refractivity contribution in [2.24, 2.45) is 5.92 Å². The molecule has 0 aromatic rings. The molecule has 1 atom stereocenters. The van der Waals surface area contributed by atoms with Crippen LogP contribution >= 0.6 is 0 Å². The Morgan fingerprint density at radius 1 is 1.05 bits per heavy atom. The summed E-state index contributed by atoms with van der Waals surface area (Å²) < 4.78 is 0. The molecule has 1 unspecified atom stereocenters. The number of likely N-dealkylation sites (N-methyl/N-ethyl adjacent to an activating group) is 2. The van der Waals surface area contributed by atoms with Gasteiger partial charge in [0.15, 0.2) is 0 Å². The fourth-order valence-electron chi connectivity index (χ4n) is 3.82. The van der Waals surface area contributed by atoms with E-state index in [0.29, 0.717) is 0 Å². The molecule has 1 aliphatic carbocycles. The Hall–Kier alpha value is -0.160. The number of piperazine rings is 1. The molecule has 1 saturated carbocycles. The number of hydrogen-bond donors (Lipinski definition) is 1. The Bertz CT molecular complexity index is 268. The summed E-state index contributed by atoms with van der Waals surface area (Å²) in [7, 11) is 4.33. The number of nitrogens with zero attached hydrogens (tertiary/aromatic N) is 3. The molecule has 4 nitrogen and oxygen atoms in total. The average molecular weight is 297 g/mol. The fourth-order valence-corrected chi connectivity index (χ4v) is 3.82. The van der Waals surface area contributed by atoms with Gasteiger partial charge < -0.3 is 10.2 Å². The second-order valence-corrected chi connectivity index (χ2v) is 7.15. The van der Waals surface area contributed by atoms with Crippen LogP contribution in [0.25, 0.3) is 0 Å². The van der Waals surface area contributed by atoms with Crippen LogP contribution in [0.1, 0.15) is 32.6 Å². The molecular weight excluding hydrogens is 260 g/mol. The molecule has 1 saturated heterocycles. The summed E-state index contributed by atoms with van der Waals surface area (Å²) in [6, 6.07) is 0.728. The molecule has 0 spiro atoms. The van der Waals surface area contributed by atoms with E-state index in [-0.39, 0.29) is 0 Å². The van der Waals surface area contributed by atoms with Crippen LogP contribution in [0.15, 0.2) is 0 Å². The quantitative estimate of drug-likeness (QED) is 0.729. The summed E-state index contributed by atoms with van der Waals surface area (Å²) >= 11 is 0. The zero-order valence-corrected chi connectivity index (χ0v) is 14.5. The molecule has 0 amide bonds. The smallest absolute Gasteiger partial charge is 0.0223 e. The lowest BCUT2D eigenvalue weighted by Crippen LogP contribution is -2.52. The van der Waals surface area contributed by atoms with E-state index in [9.17, 15) is 0 Å². The predicted octanol–water partition coefficient (Wildman–Crippen LogP) is 1.33. The van der Waals surface area contributed by atoms with E-state index in [2.05, 4.69) is 41.0 Å². The van der Waals surface area contributed by atoms with Crippen molar-refractivity contribution in [3.05, 3.63) is 0 Å². The molecule has 0 aromatic heterocycles. The van der Waals surface area contributed by atoms with E-state index in [1.54, 1.807) is 0 Å². The molecule has 21 heavy (non-hydrogen) atoms. The lowest BCUT2D eigenvalue weighted by Gasteiger charge is -2.38. The van der Waals surface area contributed by atoms with Gasteiger partial charge >= 0.3 is 0 Å². The summed E-state index contributed by atoms with van der Waals surface area (Å²) in [5, 5.41) is 3.76. The van der Waals surface area contributed by atoms with E-state index in [1.807, 2.05) is 0 Å². The zero-order valence-electron chi connectivity index (χ0n) is 14.5. The third-order valence-electron chi connectivity index (χ3n) is 5.22. The molecular formula is C17H36N4. The molecule has 0 bridgehead atoms. The van der Waals surface area contributed by atoms with Gasteiger partial charge in [0.05, 0.1) is 0 Å². The molecule has 1 aliphatic heterocycles. The highest BCUT2D eigenvalue weighted by Gasteiger charge is 2.27. The van der Waals surface area contributed by atoms with Crippen molar-refractivity contribution in [2.75, 3.05) is 66.5 Å². The van der Waals surface area contributed by atoms with Crippen LogP contribution in [0.2, 0.25) is 0 Å². The van der Waals surface area contributed by atoms with Crippen LogP contribution in [-0.4, -0.2) is 87.2 Å². The van der Waals surface area contributed by atoms with Gasteiger partial charge in [-0.2, -0.15) is 0 Å². The zero-order chi connectivity index (χ0) is 15.1. The molecule has 0 radical (unpaired) electrons. The summed E-state index contributed by atoms with van der Waals surface area (Å²) in [6.45, 7) is 12.0. The Balaban J connectivity index is 1.70. The first kappa shape index (κ1) is 17.2. The second-order valence-electron chi connectivity index (χ2n) is 7.15. The van der Waals surface area contributed by atoms with Gasteiger partial charge in [-0.05, 0) is 39.4 Å². The minimum absolute atomic E-state index is 0.728. The van der Waals surface area contributed by atoms with Crippen molar-refractivity contribution >= 4 is 0 Å². The Kier molecular flexibility index (Phi) is 7.44. The van der Waals surface area contributed by atoms with Crippen LogP contribution in [0.4, 0.5) is 0 Å². The van der Waals surface area contributed by atoms with E-state index in [4.69, 9.17) is 0 Å². The van der Waals surface area contributed by atoms with Crippen LogP contribution in [0.5, 0.6) is 0 Å². The molecule has 2 fully saturated rings. The average Bonchev–Trinajstić information content (AvgIpc) is 3.00. The normalized spacial score (nSPS) is 24.0. The highest BCUT2D eigenvalue weighted by Crippen LogP contribution is 2.28. The predicted molar refractivity (Wildman–Crippen MR) is 90.9 cm³/mol. The van der Waals surface area contributed by atoms with Crippen molar-refractivity contribution in [1.82, 2.24) is 20.0 Å². The molecule has 0 aromatic carbocycles. The molecule has 1 heterocycles. The molecule has 124 valence electrons. The van der Waals surface area contributed by atoms with Crippen molar-refractivity contribution in [3.8, 4) is 0 Å². The lowest BCUT2D eigenvalue weighted by atomic mass is 9.97. The number of rotatable bonds is 8. The second kappa shape index (κ2) is 9.09. The first-order valence-electron chi connectivity index (χ1n) is 9.02. The number of nitrogens with one attached hydrogen (secondary N) is 1. The van der Waals surface area contributed by atoms with E-state index < -0.39 is 0 Å². The molecule has 2 aliphatic rings. The minimum Gasteiger partial charge on any atom is -0.313 e. The first-order valence-corrected chi connectivity index (χ1v) is 9.02. The van der Waals surface area contributed by atoms with Gasteiger partial charge in [-0.15, -0.1) is 0 Å². The maximum atomic E-state index is 3.76. The SMILES string of the molecule is CCNC(CN1CCN(CCN(C)C)CC1)C1CCCC1. The molecule has 2 rings (SSSR count). The van der Waals surface area contributed by atoms with Crippen molar-refractivity contribution in [2.45, 2.75) is 38.6 Å². The third kappa shape index (κ3) is 5.85. The number of hydrogen-bond acceptors (Lipinski definition) is 4. The maximum absolute atomic E-state index is 3.76. The summed E-state index contributed by atoms with van der Waals surface area (Å²) in [4.78, 5) is 7.60. The van der Waals surface area contributed by atoms with Gasteiger partial charge in [0, 0.05) is 51.9 Å². The highest BCUT2D eigenvalue weighted by molar-refractivity contribution is 4.84. The Morgan fingerprint density at radius 2 is 1.67 bits per heavy atom. The largest absolute Gasteiger partial charge is 0.313 e. The fraction of sp³-hybridized carbons (Fsp3) is 1.00. The monoisotopic (exact) mass is 296 g/mol. The lowest BCUT2D eigenvalue weighted by molar-refractivity contribution is 0.109. The van der Waals surface area contributed by atoms with Crippen LogP contribution in [-0.2, 0) is 0 Å². The Labute approximate surface area is 131 Å². The summed E-state index contributed by atoms with van der Waals surface area (Å²) in [5.74, 6) is 0.928. The summed E-state index contributed by atoms with van der Waals surface area (Å²) in [6.07, 6.45) is 5.79.